The van der Waals surface area contributed by atoms with Crippen molar-refractivity contribution in [2.75, 3.05) is 4.90 Å². The van der Waals surface area contributed by atoms with Gasteiger partial charge in [0, 0.05) is 17.9 Å². The number of non-ortho nitro benzene ring substituents is 1. The molecule has 0 radical (unpaired) electrons. The lowest BCUT2D eigenvalue weighted by atomic mass is 9.55. The molecule has 4 aliphatic rings. The summed E-state index contributed by atoms with van der Waals surface area (Å²) in [5.74, 6) is -2.85. The predicted octanol–water partition coefficient (Wildman–Crippen LogP) is 3.70. The Balaban J connectivity index is 1.53. The molecule has 0 unspecified atom stereocenters. The van der Waals surface area contributed by atoms with Crippen LogP contribution in [-0.2, 0) is 9.59 Å². The van der Waals surface area contributed by atoms with Crippen LogP contribution in [-0.4, -0.2) is 21.8 Å². The Bertz CT molecular complexity index is 1200. The van der Waals surface area contributed by atoms with Gasteiger partial charge in [-0.15, -0.1) is 0 Å². The first-order valence-corrected chi connectivity index (χ1v) is 10.0. The normalized spacial score (nSPS) is 25.2. The highest BCUT2D eigenvalue weighted by Gasteiger charge is 2.62. The molecular formula is C24H16N2O5. The van der Waals surface area contributed by atoms with E-state index in [9.17, 15) is 24.8 Å². The molecule has 152 valence electrons. The summed E-state index contributed by atoms with van der Waals surface area (Å²) in [6.07, 6.45) is 0. The molecule has 31 heavy (non-hydrogen) atoms. The highest BCUT2D eigenvalue weighted by atomic mass is 16.6. The Labute approximate surface area is 176 Å². The van der Waals surface area contributed by atoms with Crippen molar-refractivity contribution < 1.29 is 19.6 Å². The second-order valence-electron chi connectivity index (χ2n) is 8.21. The van der Waals surface area contributed by atoms with Crippen molar-refractivity contribution in [3.8, 4) is 5.75 Å². The van der Waals surface area contributed by atoms with Gasteiger partial charge in [-0.3, -0.25) is 19.7 Å². The molecule has 7 rings (SSSR count). The summed E-state index contributed by atoms with van der Waals surface area (Å²) in [5, 5.41) is 21.4. The van der Waals surface area contributed by atoms with Crippen molar-refractivity contribution in [2.45, 2.75) is 11.8 Å². The van der Waals surface area contributed by atoms with Crippen LogP contribution < -0.4 is 4.90 Å². The SMILES string of the molecule is O=C1[C@@H]2C3c4ccccc4C(c4ccccc43)[C@H]2C(=O)N1c1ccc([N+](=O)[O-])cc1O. The topological polar surface area (TPSA) is 101 Å². The molecule has 7 heteroatoms. The third-order valence-electron chi connectivity index (χ3n) is 6.86. The monoisotopic (exact) mass is 412 g/mol. The summed E-state index contributed by atoms with van der Waals surface area (Å²) in [6, 6.07) is 19.3. The van der Waals surface area contributed by atoms with E-state index in [-0.39, 0.29) is 35.0 Å². The van der Waals surface area contributed by atoms with Gasteiger partial charge in [0.1, 0.15) is 5.75 Å². The number of hydrogen-bond donors (Lipinski definition) is 1. The zero-order valence-corrected chi connectivity index (χ0v) is 16.1. The summed E-state index contributed by atoms with van der Waals surface area (Å²) in [7, 11) is 0. The maximum Gasteiger partial charge on any atom is 0.273 e. The van der Waals surface area contributed by atoms with E-state index in [0.717, 1.165) is 33.2 Å². The van der Waals surface area contributed by atoms with Crippen LogP contribution in [0.3, 0.4) is 0 Å². The van der Waals surface area contributed by atoms with Crippen molar-refractivity contribution in [2.24, 2.45) is 11.8 Å². The lowest BCUT2D eigenvalue weighted by Gasteiger charge is -2.45. The van der Waals surface area contributed by atoms with Crippen LogP contribution in [0.4, 0.5) is 11.4 Å². The molecule has 0 spiro atoms. The molecule has 2 atom stereocenters. The molecule has 0 saturated carbocycles. The second-order valence-corrected chi connectivity index (χ2v) is 8.21. The predicted molar refractivity (Wildman–Crippen MR) is 111 cm³/mol. The van der Waals surface area contributed by atoms with E-state index >= 15 is 0 Å². The maximum atomic E-state index is 13.6. The number of nitro benzene ring substituents is 1. The van der Waals surface area contributed by atoms with Crippen molar-refractivity contribution in [1.29, 1.82) is 0 Å². The molecule has 3 aromatic carbocycles. The van der Waals surface area contributed by atoms with Crippen molar-refractivity contribution in [3.05, 3.63) is 99.1 Å². The summed E-state index contributed by atoms with van der Waals surface area (Å²) in [5.41, 5.74) is 3.92. The highest BCUT2D eigenvalue weighted by Crippen LogP contribution is 2.61. The number of rotatable bonds is 2. The molecular weight excluding hydrogens is 396 g/mol. The number of anilines is 1. The molecule has 1 saturated heterocycles. The Morgan fingerprint density at radius 2 is 1.23 bits per heavy atom. The average Bonchev–Trinajstić information content (AvgIpc) is 3.04. The Hall–Kier alpha value is -4.00. The Morgan fingerprint density at radius 3 is 1.61 bits per heavy atom. The van der Waals surface area contributed by atoms with Gasteiger partial charge >= 0.3 is 0 Å². The summed E-state index contributed by atoms with van der Waals surface area (Å²) in [6.45, 7) is 0. The van der Waals surface area contributed by atoms with Gasteiger partial charge in [-0.05, 0) is 28.3 Å². The van der Waals surface area contributed by atoms with Gasteiger partial charge in [-0.2, -0.15) is 0 Å². The van der Waals surface area contributed by atoms with E-state index in [2.05, 4.69) is 0 Å². The number of phenols is 1. The van der Waals surface area contributed by atoms with Crippen molar-refractivity contribution in [3.63, 3.8) is 0 Å². The van der Waals surface area contributed by atoms with Crippen LogP contribution in [0.25, 0.3) is 0 Å². The lowest BCUT2D eigenvalue weighted by molar-refractivity contribution is -0.384. The standard InChI is InChI=1S/C24H16N2O5/c27-18-11-12(26(30)31)9-10-17(18)25-23(28)21-19-13-5-1-2-6-14(13)20(22(21)24(25)29)16-8-4-3-7-15(16)19/h1-11,19-22,27H/t19?,20?,21-,22-/m1/s1. The van der Waals surface area contributed by atoms with Gasteiger partial charge in [-0.25, -0.2) is 4.90 Å². The van der Waals surface area contributed by atoms with E-state index in [0.29, 0.717) is 0 Å². The Kier molecular flexibility index (Phi) is 3.46. The maximum absolute atomic E-state index is 13.6. The van der Waals surface area contributed by atoms with E-state index in [4.69, 9.17) is 0 Å². The van der Waals surface area contributed by atoms with Crippen LogP contribution in [0.15, 0.2) is 66.7 Å². The Morgan fingerprint density at radius 1 is 0.774 bits per heavy atom. The largest absolute Gasteiger partial charge is 0.505 e. The molecule has 1 aliphatic heterocycles. The van der Waals surface area contributed by atoms with Crippen LogP contribution in [0.2, 0.25) is 0 Å². The summed E-state index contributed by atoms with van der Waals surface area (Å²) >= 11 is 0. The number of amides is 2. The zero-order valence-electron chi connectivity index (χ0n) is 16.1. The van der Waals surface area contributed by atoms with E-state index < -0.39 is 22.5 Å². The smallest absolute Gasteiger partial charge is 0.273 e. The number of carbonyl (C=O) groups excluding carboxylic acids is 2. The fourth-order valence-corrected chi connectivity index (χ4v) is 5.73. The minimum absolute atomic E-state index is 0.0116. The zero-order chi connectivity index (χ0) is 21.4. The number of aromatic hydroxyl groups is 1. The number of benzene rings is 3. The molecule has 1 heterocycles. The van der Waals surface area contributed by atoms with Crippen LogP contribution >= 0.6 is 0 Å². The summed E-state index contributed by atoms with van der Waals surface area (Å²) in [4.78, 5) is 38.6. The van der Waals surface area contributed by atoms with Gasteiger partial charge in [0.15, 0.2) is 0 Å². The van der Waals surface area contributed by atoms with Crippen molar-refractivity contribution >= 4 is 23.2 Å². The molecule has 7 nitrogen and oxygen atoms in total. The number of imide groups is 1. The third-order valence-corrected chi connectivity index (χ3v) is 6.86. The second kappa shape index (κ2) is 6.01. The minimum atomic E-state index is -0.635. The van der Waals surface area contributed by atoms with Gasteiger partial charge in [0.05, 0.1) is 28.5 Å². The van der Waals surface area contributed by atoms with Gasteiger partial charge < -0.3 is 5.11 Å². The van der Waals surface area contributed by atoms with E-state index in [1.54, 1.807) is 0 Å². The van der Waals surface area contributed by atoms with Crippen LogP contribution in [0.5, 0.6) is 5.75 Å². The molecule has 2 bridgehead atoms. The first kappa shape index (κ1) is 17.8. The van der Waals surface area contributed by atoms with Crippen LogP contribution in [0.1, 0.15) is 34.1 Å². The minimum Gasteiger partial charge on any atom is -0.505 e. The lowest BCUT2D eigenvalue weighted by Crippen LogP contribution is -2.41. The quantitative estimate of drug-likeness (QED) is 0.393. The molecule has 3 aliphatic carbocycles. The number of carbonyl (C=O) groups is 2. The van der Waals surface area contributed by atoms with Crippen LogP contribution in [0, 0.1) is 22.0 Å². The molecule has 3 aromatic rings. The van der Waals surface area contributed by atoms with Gasteiger partial charge in [0.25, 0.3) is 5.69 Å². The fraction of sp³-hybridized carbons (Fsp3) is 0.167. The molecule has 2 amide bonds. The molecule has 1 fully saturated rings. The first-order chi connectivity index (χ1) is 15.0. The number of hydrogen-bond acceptors (Lipinski definition) is 5. The third kappa shape index (κ3) is 2.17. The highest BCUT2D eigenvalue weighted by molar-refractivity contribution is 6.24. The first-order valence-electron chi connectivity index (χ1n) is 10.0. The number of phenolic OH excluding ortho intramolecular Hbond substituents is 1. The van der Waals surface area contributed by atoms with Gasteiger partial charge in [0.2, 0.25) is 11.8 Å². The van der Waals surface area contributed by atoms with Gasteiger partial charge in [-0.1, -0.05) is 48.5 Å². The van der Waals surface area contributed by atoms with E-state index in [1.165, 1.54) is 12.1 Å². The average molecular weight is 412 g/mol. The number of nitro groups is 1. The van der Waals surface area contributed by atoms with Crippen molar-refractivity contribution in [1.82, 2.24) is 0 Å². The van der Waals surface area contributed by atoms with E-state index in [1.807, 2.05) is 48.5 Å². The molecule has 0 aromatic heterocycles. The summed E-state index contributed by atoms with van der Waals surface area (Å²) < 4.78 is 0. The fourth-order valence-electron chi connectivity index (χ4n) is 5.73. The molecule has 1 N–H and O–H groups in total. The number of nitrogens with zero attached hydrogens (tertiary/aromatic N) is 2.